The number of aromatic carboxylic acids is 1. The number of hydrogen-bond donors (Lipinski definition) is 2. The van der Waals surface area contributed by atoms with Crippen LogP contribution in [0.1, 0.15) is 29.8 Å². The first-order valence-electron chi connectivity index (χ1n) is 7.17. The van der Waals surface area contributed by atoms with Crippen molar-refractivity contribution >= 4 is 16.0 Å². The first kappa shape index (κ1) is 17.8. The number of nitrogens with zero attached hydrogens (tertiary/aromatic N) is 1. The summed E-state index contributed by atoms with van der Waals surface area (Å²) in [5, 5.41) is 18.6. The van der Waals surface area contributed by atoms with Gasteiger partial charge in [-0.3, -0.25) is 0 Å². The molecule has 1 aromatic rings. The number of aliphatic hydroxyl groups is 1. The Balaban J connectivity index is 2.48. The molecule has 1 aliphatic rings. The Morgan fingerprint density at radius 1 is 1.48 bits per heavy atom. The Labute approximate surface area is 134 Å². The highest BCUT2D eigenvalue weighted by Gasteiger charge is 2.44. The summed E-state index contributed by atoms with van der Waals surface area (Å²) in [6.07, 6.45) is 0. The van der Waals surface area contributed by atoms with Crippen LogP contribution in [0.5, 0.6) is 0 Å². The van der Waals surface area contributed by atoms with Crippen molar-refractivity contribution in [3.05, 3.63) is 29.1 Å². The van der Waals surface area contributed by atoms with E-state index in [0.29, 0.717) is 0 Å². The lowest BCUT2D eigenvalue weighted by atomic mass is 9.82. The summed E-state index contributed by atoms with van der Waals surface area (Å²) in [5.74, 6) is -2.33. The first-order chi connectivity index (χ1) is 10.5. The summed E-state index contributed by atoms with van der Waals surface area (Å²) >= 11 is 0. The summed E-state index contributed by atoms with van der Waals surface area (Å²) in [6, 6.07) is 1.83. The molecule has 128 valence electrons. The number of sulfonamides is 1. The lowest BCUT2D eigenvalue weighted by Crippen LogP contribution is -2.33. The molecule has 2 rings (SSSR count). The highest BCUT2D eigenvalue weighted by molar-refractivity contribution is 7.89. The minimum absolute atomic E-state index is 0.0727. The number of aliphatic hydroxyl groups excluding tert-OH is 1. The Kier molecular flexibility index (Phi) is 4.53. The van der Waals surface area contributed by atoms with E-state index in [4.69, 9.17) is 5.11 Å². The Hall–Kier alpha value is -1.51. The van der Waals surface area contributed by atoms with Crippen LogP contribution in [-0.2, 0) is 10.0 Å². The summed E-state index contributed by atoms with van der Waals surface area (Å²) < 4.78 is 40.5. The summed E-state index contributed by atoms with van der Waals surface area (Å²) in [5.41, 5.74) is -1.06. The predicted molar refractivity (Wildman–Crippen MR) is 81.2 cm³/mol. The van der Waals surface area contributed by atoms with Gasteiger partial charge in [0.25, 0.3) is 0 Å². The number of carbonyl (C=O) groups is 1. The van der Waals surface area contributed by atoms with E-state index in [9.17, 15) is 22.7 Å². The normalized spacial score (nSPS) is 25.7. The van der Waals surface area contributed by atoms with Gasteiger partial charge in [0.2, 0.25) is 10.0 Å². The van der Waals surface area contributed by atoms with Crippen molar-refractivity contribution < 1.29 is 27.8 Å². The topological polar surface area (TPSA) is 94.9 Å². The third-order valence-electron chi connectivity index (χ3n) is 4.75. The fourth-order valence-corrected chi connectivity index (χ4v) is 4.41. The number of hydrogen-bond acceptors (Lipinski definition) is 4. The molecule has 6 nitrogen and oxygen atoms in total. The largest absolute Gasteiger partial charge is 0.478 e. The Morgan fingerprint density at radius 3 is 2.57 bits per heavy atom. The zero-order valence-corrected chi connectivity index (χ0v) is 14.0. The van der Waals surface area contributed by atoms with Crippen LogP contribution in [-0.4, -0.2) is 48.6 Å². The molecule has 0 radical (unpaired) electrons. The van der Waals surface area contributed by atoms with Crippen LogP contribution >= 0.6 is 0 Å². The quantitative estimate of drug-likeness (QED) is 0.862. The van der Waals surface area contributed by atoms with Gasteiger partial charge in [0.15, 0.2) is 0 Å². The predicted octanol–water partition coefficient (Wildman–Crippen LogP) is 1.47. The summed E-state index contributed by atoms with van der Waals surface area (Å²) in [7, 11) is -4.03. The SMILES string of the molecule is Cc1c(F)cc(S(=O)(=O)N2CC(C)C(C)(CO)C2)cc1C(=O)O. The van der Waals surface area contributed by atoms with Crippen LogP contribution in [0.4, 0.5) is 4.39 Å². The van der Waals surface area contributed by atoms with Gasteiger partial charge in [0.05, 0.1) is 10.5 Å². The third-order valence-corrected chi connectivity index (χ3v) is 6.54. The summed E-state index contributed by atoms with van der Waals surface area (Å²) in [4.78, 5) is 10.8. The molecule has 1 fully saturated rings. The lowest BCUT2D eigenvalue weighted by Gasteiger charge is -2.25. The van der Waals surface area contributed by atoms with E-state index in [2.05, 4.69) is 0 Å². The second-order valence-electron chi connectivity index (χ2n) is 6.39. The molecule has 1 aliphatic heterocycles. The molecule has 2 unspecified atom stereocenters. The fraction of sp³-hybridized carbons (Fsp3) is 0.533. The highest BCUT2D eigenvalue weighted by atomic mass is 32.2. The third kappa shape index (κ3) is 2.98. The molecule has 0 bridgehead atoms. The van der Waals surface area contributed by atoms with Gasteiger partial charge in [-0.1, -0.05) is 13.8 Å². The van der Waals surface area contributed by atoms with Crippen molar-refractivity contribution in [2.45, 2.75) is 25.7 Å². The second-order valence-corrected chi connectivity index (χ2v) is 8.33. The van der Waals surface area contributed by atoms with Gasteiger partial charge < -0.3 is 10.2 Å². The van der Waals surface area contributed by atoms with Crippen LogP contribution < -0.4 is 0 Å². The van der Waals surface area contributed by atoms with Gasteiger partial charge in [-0.2, -0.15) is 4.31 Å². The van der Waals surface area contributed by atoms with Crippen molar-refractivity contribution in [3.8, 4) is 0 Å². The van der Waals surface area contributed by atoms with Crippen LogP contribution in [0.2, 0.25) is 0 Å². The number of rotatable bonds is 4. The van der Waals surface area contributed by atoms with Crippen molar-refractivity contribution in [2.24, 2.45) is 11.3 Å². The first-order valence-corrected chi connectivity index (χ1v) is 8.61. The molecule has 1 aromatic carbocycles. The molecule has 0 amide bonds. The van der Waals surface area contributed by atoms with E-state index in [1.54, 1.807) is 6.92 Å². The highest BCUT2D eigenvalue weighted by Crippen LogP contribution is 2.38. The van der Waals surface area contributed by atoms with Crippen LogP contribution in [0.3, 0.4) is 0 Å². The van der Waals surface area contributed by atoms with Crippen molar-refractivity contribution in [1.82, 2.24) is 4.31 Å². The minimum atomic E-state index is -4.03. The van der Waals surface area contributed by atoms with Crippen molar-refractivity contribution in [1.29, 1.82) is 0 Å². The molecule has 0 aromatic heterocycles. The molecular weight excluding hydrogens is 325 g/mol. The molecule has 2 atom stereocenters. The summed E-state index contributed by atoms with van der Waals surface area (Å²) in [6.45, 7) is 5.04. The maximum atomic E-state index is 13.9. The number of carboxylic acids is 1. The van der Waals surface area contributed by atoms with Crippen molar-refractivity contribution in [2.75, 3.05) is 19.7 Å². The number of carboxylic acid groups (broad SMARTS) is 1. The van der Waals surface area contributed by atoms with E-state index in [-0.39, 0.29) is 41.6 Å². The maximum Gasteiger partial charge on any atom is 0.336 e. The average Bonchev–Trinajstić information content (AvgIpc) is 2.78. The lowest BCUT2D eigenvalue weighted by molar-refractivity contribution is 0.0695. The molecular formula is C15H20FNO5S. The van der Waals surface area contributed by atoms with Crippen LogP contribution in [0.25, 0.3) is 0 Å². The van der Waals surface area contributed by atoms with E-state index >= 15 is 0 Å². The van der Waals surface area contributed by atoms with Gasteiger partial charge in [0.1, 0.15) is 5.82 Å². The molecule has 1 heterocycles. The molecule has 0 spiro atoms. The van der Waals surface area contributed by atoms with Gasteiger partial charge in [0, 0.05) is 25.1 Å². The number of benzene rings is 1. The van der Waals surface area contributed by atoms with E-state index in [0.717, 1.165) is 12.1 Å². The molecule has 8 heteroatoms. The van der Waals surface area contributed by atoms with Crippen molar-refractivity contribution in [3.63, 3.8) is 0 Å². The zero-order valence-electron chi connectivity index (χ0n) is 13.2. The Morgan fingerprint density at radius 2 is 2.09 bits per heavy atom. The number of halogens is 1. The van der Waals surface area contributed by atoms with Gasteiger partial charge >= 0.3 is 5.97 Å². The second kappa shape index (κ2) is 5.85. The molecule has 1 saturated heterocycles. The maximum absolute atomic E-state index is 13.9. The van der Waals surface area contributed by atoms with Gasteiger partial charge in [-0.25, -0.2) is 17.6 Å². The standard InChI is InChI=1S/C15H20FNO5S/c1-9-6-17(7-15(9,3)8-18)23(21,22)11-4-12(14(19)20)10(2)13(16)5-11/h4-5,9,18H,6-8H2,1-3H3,(H,19,20). The Bertz CT molecular complexity index is 748. The zero-order chi connectivity index (χ0) is 17.6. The van der Waals surface area contributed by atoms with Crippen LogP contribution in [0.15, 0.2) is 17.0 Å². The van der Waals surface area contributed by atoms with Crippen LogP contribution in [0, 0.1) is 24.1 Å². The van der Waals surface area contributed by atoms with Gasteiger partial charge in [-0.15, -0.1) is 0 Å². The molecule has 0 aliphatic carbocycles. The van der Waals surface area contributed by atoms with E-state index in [1.807, 2.05) is 6.92 Å². The average molecular weight is 345 g/mol. The van der Waals surface area contributed by atoms with Gasteiger partial charge in [-0.05, 0) is 30.5 Å². The van der Waals surface area contributed by atoms with E-state index in [1.165, 1.54) is 11.2 Å². The minimum Gasteiger partial charge on any atom is -0.478 e. The smallest absolute Gasteiger partial charge is 0.336 e. The molecule has 23 heavy (non-hydrogen) atoms. The molecule has 2 N–H and O–H groups in total. The fourth-order valence-electron chi connectivity index (χ4n) is 2.71. The monoisotopic (exact) mass is 345 g/mol. The van der Waals surface area contributed by atoms with E-state index < -0.39 is 27.2 Å². The molecule has 0 saturated carbocycles.